The fourth-order valence-electron chi connectivity index (χ4n) is 1.91. The standard InChI is InChI=1S/C15H20N2O/c1-12(2)17(10-6-9-16)15(18)11-14-8-5-4-7-13(14)3/h4-5,7-8,12H,6,10-11H2,1-3H3. The molecule has 1 rings (SSSR count). The van der Waals surface area contributed by atoms with Crippen LogP contribution >= 0.6 is 0 Å². The van der Waals surface area contributed by atoms with E-state index in [4.69, 9.17) is 5.26 Å². The lowest BCUT2D eigenvalue weighted by Crippen LogP contribution is -2.38. The summed E-state index contributed by atoms with van der Waals surface area (Å²) < 4.78 is 0. The molecular formula is C15H20N2O. The van der Waals surface area contributed by atoms with Gasteiger partial charge in [0.2, 0.25) is 5.91 Å². The molecule has 3 nitrogen and oxygen atoms in total. The molecule has 0 N–H and O–H groups in total. The van der Waals surface area contributed by atoms with Gasteiger partial charge in [-0.05, 0) is 31.9 Å². The number of carbonyl (C=O) groups is 1. The predicted molar refractivity (Wildman–Crippen MR) is 72.0 cm³/mol. The molecule has 0 aliphatic heterocycles. The molecule has 0 saturated carbocycles. The highest BCUT2D eigenvalue weighted by molar-refractivity contribution is 5.79. The van der Waals surface area contributed by atoms with Crippen molar-refractivity contribution >= 4 is 5.91 Å². The first kappa shape index (κ1) is 14.2. The number of nitrogens with zero attached hydrogens (tertiary/aromatic N) is 2. The van der Waals surface area contributed by atoms with Gasteiger partial charge in [0.25, 0.3) is 0 Å². The molecule has 3 heteroatoms. The predicted octanol–water partition coefficient (Wildman–Crippen LogP) is 2.69. The highest BCUT2D eigenvalue weighted by Gasteiger charge is 2.17. The van der Waals surface area contributed by atoms with E-state index in [0.717, 1.165) is 11.1 Å². The van der Waals surface area contributed by atoms with Gasteiger partial charge in [0.1, 0.15) is 0 Å². The zero-order valence-corrected chi connectivity index (χ0v) is 11.3. The van der Waals surface area contributed by atoms with Gasteiger partial charge < -0.3 is 4.90 Å². The number of aryl methyl sites for hydroxylation is 1. The van der Waals surface area contributed by atoms with E-state index < -0.39 is 0 Å². The second kappa shape index (κ2) is 6.80. The number of benzene rings is 1. The summed E-state index contributed by atoms with van der Waals surface area (Å²) in [6.07, 6.45) is 0.800. The topological polar surface area (TPSA) is 44.1 Å². The molecule has 0 aliphatic rings. The Morgan fingerprint density at radius 3 is 2.61 bits per heavy atom. The van der Waals surface area contributed by atoms with Crippen molar-refractivity contribution in [3.05, 3.63) is 35.4 Å². The molecule has 0 unspecified atom stereocenters. The molecule has 0 radical (unpaired) electrons. The highest BCUT2D eigenvalue weighted by atomic mass is 16.2. The average Bonchev–Trinajstić information content (AvgIpc) is 2.32. The quantitative estimate of drug-likeness (QED) is 0.799. The number of nitriles is 1. The van der Waals surface area contributed by atoms with Gasteiger partial charge in [-0.3, -0.25) is 4.79 Å². The maximum absolute atomic E-state index is 12.2. The SMILES string of the molecule is Cc1ccccc1CC(=O)N(CCC#N)C(C)C. The molecule has 0 aromatic heterocycles. The molecule has 0 atom stereocenters. The molecule has 0 spiro atoms. The maximum atomic E-state index is 12.2. The summed E-state index contributed by atoms with van der Waals surface area (Å²) in [6, 6.07) is 10.1. The monoisotopic (exact) mass is 244 g/mol. The van der Waals surface area contributed by atoms with Crippen molar-refractivity contribution in [1.82, 2.24) is 4.90 Å². The third kappa shape index (κ3) is 3.89. The van der Waals surface area contributed by atoms with Crippen LogP contribution in [0.3, 0.4) is 0 Å². The van der Waals surface area contributed by atoms with Crippen molar-refractivity contribution < 1.29 is 4.79 Å². The number of hydrogen-bond donors (Lipinski definition) is 0. The molecule has 0 aliphatic carbocycles. The van der Waals surface area contributed by atoms with E-state index in [2.05, 4.69) is 6.07 Å². The Labute approximate surface area is 109 Å². The molecule has 18 heavy (non-hydrogen) atoms. The van der Waals surface area contributed by atoms with Gasteiger partial charge in [-0.1, -0.05) is 24.3 Å². The van der Waals surface area contributed by atoms with E-state index in [-0.39, 0.29) is 11.9 Å². The molecular weight excluding hydrogens is 224 g/mol. The summed E-state index contributed by atoms with van der Waals surface area (Å²) in [4.78, 5) is 14.0. The first-order chi connectivity index (χ1) is 8.56. The summed E-state index contributed by atoms with van der Waals surface area (Å²) in [6.45, 7) is 6.48. The smallest absolute Gasteiger partial charge is 0.227 e. The second-order valence-corrected chi connectivity index (χ2v) is 4.69. The Morgan fingerprint density at radius 1 is 1.39 bits per heavy atom. The van der Waals surface area contributed by atoms with Crippen molar-refractivity contribution in [1.29, 1.82) is 5.26 Å². The third-order valence-corrected chi connectivity index (χ3v) is 3.01. The van der Waals surface area contributed by atoms with E-state index in [9.17, 15) is 4.79 Å². The summed E-state index contributed by atoms with van der Waals surface area (Å²) in [5.41, 5.74) is 2.19. The molecule has 1 amide bonds. The molecule has 0 fully saturated rings. The molecule has 0 saturated heterocycles. The largest absolute Gasteiger partial charge is 0.339 e. The summed E-state index contributed by atoms with van der Waals surface area (Å²) in [5.74, 6) is 0.0922. The van der Waals surface area contributed by atoms with Crippen molar-refractivity contribution in [2.75, 3.05) is 6.54 Å². The number of hydrogen-bond acceptors (Lipinski definition) is 2. The minimum atomic E-state index is 0.0922. The van der Waals surface area contributed by atoms with Crippen molar-refractivity contribution in [3.63, 3.8) is 0 Å². The van der Waals surface area contributed by atoms with Crippen molar-refractivity contribution in [2.45, 2.75) is 39.7 Å². The van der Waals surface area contributed by atoms with Crippen LogP contribution < -0.4 is 0 Å². The normalized spacial score (nSPS) is 10.2. The second-order valence-electron chi connectivity index (χ2n) is 4.69. The summed E-state index contributed by atoms with van der Waals surface area (Å²) in [7, 11) is 0. The van der Waals surface area contributed by atoms with Gasteiger partial charge >= 0.3 is 0 Å². The third-order valence-electron chi connectivity index (χ3n) is 3.01. The van der Waals surface area contributed by atoms with E-state index in [1.165, 1.54) is 0 Å². The van der Waals surface area contributed by atoms with Crippen LogP contribution in [0, 0.1) is 18.3 Å². The van der Waals surface area contributed by atoms with Crippen LogP contribution in [0.2, 0.25) is 0 Å². The van der Waals surface area contributed by atoms with Crippen LogP contribution in [0.5, 0.6) is 0 Å². The number of amides is 1. The molecule has 1 aromatic carbocycles. The van der Waals surface area contributed by atoms with Crippen LogP contribution in [-0.4, -0.2) is 23.4 Å². The van der Waals surface area contributed by atoms with Crippen LogP contribution in [0.1, 0.15) is 31.4 Å². The zero-order valence-electron chi connectivity index (χ0n) is 11.3. The lowest BCUT2D eigenvalue weighted by molar-refractivity contribution is -0.132. The maximum Gasteiger partial charge on any atom is 0.227 e. The van der Waals surface area contributed by atoms with Crippen molar-refractivity contribution in [2.24, 2.45) is 0 Å². The average molecular weight is 244 g/mol. The Balaban J connectivity index is 2.73. The van der Waals surface area contributed by atoms with E-state index >= 15 is 0 Å². The van der Waals surface area contributed by atoms with Gasteiger partial charge in [-0.15, -0.1) is 0 Å². The minimum absolute atomic E-state index is 0.0922. The lowest BCUT2D eigenvalue weighted by atomic mass is 10.0. The Hall–Kier alpha value is -1.82. The van der Waals surface area contributed by atoms with E-state index in [1.54, 1.807) is 4.90 Å². The highest BCUT2D eigenvalue weighted by Crippen LogP contribution is 2.11. The minimum Gasteiger partial charge on any atom is -0.339 e. The Kier molecular flexibility index (Phi) is 5.38. The van der Waals surface area contributed by atoms with Gasteiger partial charge in [0.05, 0.1) is 18.9 Å². The van der Waals surface area contributed by atoms with Gasteiger partial charge in [0.15, 0.2) is 0 Å². The fraction of sp³-hybridized carbons (Fsp3) is 0.467. The number of carbonyl (C=O) groups excluding carboxylic acids is 1. The van der Waals surface area contributed by atoms with Crippen LogP contribution in [-0.2, 0) is 11.2 Å². The first-order valence-electron chi connectivity index (χ1n) is 6.27. The zero-order chi connectivity index (χ0) is 13.5. The molecule has 96 valence electrons. The first-order valence-corrected chi connectivity index (χ1v) is 6.27. The summed E-state index contributed by atoms with van der Waals surface area (Å²) in [5, 5.41) is 8.62. The van der Waals surface area contributed by atoms with Gasteiger partial charge in [0, 0.05) is 12.6 Å². The van der Waals surface area contributed by atoms with E-state index in [0.29, 0.717) is 19.4 Å². The Bertz CT molecular complexity index is 446. The summed E-state index contributed by atoms with van der Waals surface area (Å²) >= 11 is 0. The molecule has 0 heterocycles. The van der Waals surface area contributed by atoms with Gasteiger partial charge in [-0.2, -0.15) is 5.26 Å². The van der Waals surface area contributed by atoms with Crippen LogP contribution in [0.15, 0.2) is 24.3 Å². The Morgan fingerprint density at radius 2 is 2.06 bits per heavy atom. The fourth-order valence-corrected chi connectivity index (χ4v) is 1.91. The molecule has 1 aromatic rings. The molecule has 0 bridgehead atoms. The van der Waals surface area contributed by atoms with Crippen molar-refractivity contribution in [3.8, 4) is 6.07 Å². The van der Waals surface area contributed by atoms with Crippen LogP contribution in [0.25, 0.3) is 0 Å². The number of rotatable bonds is 5. The van der Waals surface area contributed by atoms with Crippen LogP contribution in [0.4, 0.5) is 0 Å². The van der Waals surface area contributed by atoms with E-state index in [1.807, 2.05) is 45.0 Å². The van der Waals surface area contributed by atoms with Gasteiger partial charge in [-0.25, -0.2) is 0 Å². The lowest BCUT2D eigenvalue weighted by Gasteiger charge is -2.26.